The van der Waals surface area contributed by atoms with Gasteiger partial charge in [0.05, 0.1) is 0 Å². The van der Waals surface area contributed by atoms with E-state index in [4.69, 9.17) is 5.73 Å². The van der Waals surface area contributed by atoms with Gasteiger partial charge in [-0.2, -0.15) is 0 Å². The topological polar surface area (TPSA) is 29.3 Å². The van der Waals surface area contributed by atoms with E-state index in [2.05, 4.69) is 56.9 Å². The lowest BCUT2D eigenvalue weighted by molar-refractivity contribution is 0.380. The molecule has 0 aromatic heterocycles. The maximum atomic E-state index is 5.78. The highest BCUT2D eigenvalue weighted by molar-refractivity contribution is 5.47. The molecule has 0 unspecified atom stereocenters. The van der Waals surface area contributed by atoms with Crippen molar-refractivity contribution in [2.24, 2.45) is 11.1 Å². The summed E-state index contributed by atoms with van der Waals surface area (Å²) < 4.78 is 0. The number of hydrogen-bond donors (Lipinski definition) is 1. The Hall–Kier alpha value is -1.02. The van der Waals surface area contributed by atoms with Gasteiger partial charge in [-0.05, 0) is 37.9 Å². The van der Waals surface area contributed by atoms with Crippen LogP contribution in [0.2, 0.25) is 0 Å². The van der Waals surface area contributed by atoms with E-state index in [-0.39, 0.29) is 5.41 Å². The number of hydrogen-bond acceptors (Lipinski definition) is 2. The summed E-state index contributed by atoms with van der Waals surface area (Å²) in [6, 6.07) is 8.69. The molecule has 0 aliphatic heterocycles. The highest BCUT2D eigenvalue weighted by Gasteiger charge is 2.19. The lowest BCUT2D eigenvalue weighted by Gasteiger charge is -2.32. The van der Waals surface area contributed by atoms with Crippen LogP contribution >= 0.6 is 0 Å². The standard InChI is InChI=1S/C14H24N2/c1-5-16(11-14(3,4)10-15)13-8-6-12(2)7-9-13/h6-9H,5,10-11,15H2,1-4H3. The van der Waals surface area contributed by atoms with Crippen molar-refractivity contribution in [2.75, 3.05) is 24.5 Å². The first-order valence-electron chi connectivity index (χ1n) is 6.00. The summed E-state index contributed by atoms with van der Waals surface area (Å²) in [5.41, 5.74) is 8.54. The predicted octanol–water partition coefficient (Wildman–Crippen LogP) is 2.81. The largest absolute Gasteiger partial charge is 0.371 e. The predicted molar refractivity (Wildman–Crippen MR) is 71.9 cm³/mol. The van der Waals surface area contributed by atoms with Gasteiger partial charge in [-0.3, -0.25) is 0 Å². The molecule has 16 heavy (non-hydrogen) atoms. The van der Waals surface area contributed by atoms with Crippen LogP contribution < -0.4 is 10.6 Å². The van der Waals surface area contributed by atoms with E-state index >= 15 is 0 Å². The van der Waals surface area contributed by atoms with Gasteiger partial charge in [0, 0.05) is 18.8 Å². The van der Waals surface area contributed by atoms with Crippen molar-refractivity contribution in [3.05, 3.63) is 29.8 Å². The smallest absolute Gasteiger partial charge is 0.0366 e. The molecule has 2 heteroatoms. The number of aryl methyl sites for hydroxylation is 1. The second-order valence-electron chi connectivity index (χ2n) is 5.22. The van der Waals surface area contributed by atoms with Gasteiger partial charge < -0.3 is 10.6 Å². The first kappa shape index (κ1) is 13.0. The minimum Gasteiger partial charge on any atom is -0.371 e. The third-order valence-corrected chi connectivity index (χ3v) is 2.95. The van der Waals surface area contributed by atoms with Gasteiger partial charge in [0.1, 0.15) is 0 Å². The zero-order valence-electron chi connectivity index (χ0n) is 11.0. The summed E-state index contributed by atoms with van der Waals surface area (Å²) in [6.45, 7) is 11.5. The molecule has 0 aliphatic rings. The van der Waals surface area contributed by atoms with Crippen LogP contribution in [0.4, 0.5) is 5.69 Å². The first-order valence-corrected chi connectivity index (χ1v) is 6.00. The molecule has 1 aromatic rings. The van der Waals surface area contributed by atoms with Crippen LogP contribution in [0.1, 0.15) is 26.3 Å². The third kappa shape index (κ3) is 3.53. The Kier molecular flexibility index (Phi) is 4.36. The molecule has 0 spiro atoms. The third-order valence-electron chi connectivity index (χ3n) is 2.95. The molecule has 0 radical (unpaired) electrons. The van der Waals surface area contributed by atoms with E-state index in [0.717, 1.165) is 19.6 Å². The molecule has 2 N–H and O–H groups in total. The zero-order valence-corrected chi connectivity index (χ0v) is 11.0. The lowest BCUT2D eigenvalue weighted by atomic mass is 9.93. The Morgan fingerprint density at radius 2 is 1.75 bits per heavy atom. The summed E-state index contributed by atoms with van der Waals surface area (Å²) in [5, 5.41) is 0. The molecule has 0 heterocycles. The van der Waals surface area contributed by atoms with Crippen molar-refractivity contribution in [1.82, 2.24) is 0 Å². The van der Waals surface area contributed by atoms with Crippen LogP contribution in [0.5, 0.6) is 0 Å². The van der Waals surface area contributed by atoms with Crippen LogP contribution in [-0.2, 0) is 0 Å². The van der Waals surface area contributed by atoms with Crippen LogP contribution in [0.25, 0.3) is 0 Å². The van der Waals surface area contributed by atoms with Crippen molar-refractivity contribution in [3.63, 3.8) is 0 Å². The monoisotopic (exact) mass is 220 g/mol. The second kappa shape index (κ2) is 5.35. The summed E-state index contributed by atoms with van der Waals surface area (Å²) in [4.78, 5) is 2.38. The molecule has 0 saturated carbocycles. The number of nitrogens with zero attached hydrogens (tertiary/aromatic N) is 1. The molecule has 0 aliphatic carbocycles. The second-order valence-corrected chi connectivity index (χ2v) is 5.22. The Morgan fingerprint density at radius 1 is 1.19 bits per heavy atom. The molecule has 0 fully saturated rings. The van der Waals surface area contributed by atoms with Crippen molar-refractivity contribution in [3.8, 4) is 0 Å². The van der Waals surface area contributed by atoms with E-state index < -0.39 is 0 Å². The molecule has 1 aromatic carbocycles. The quantitative estimate of drug-likeness (QED) is 0.826. The zero-order chi connectivity index (χ0) is 12.2. The van der Waals surface area contributed by atoms with Crippen molar-refractivity contribution in [2.45, 2.75) is 27.7 Å². The van der Waals surface area contributed by atoms with Gasteiger partial charge >= 0.3 is 0 Å². The Bertz CT molecular complexity index is 314. The summed E-state index contributed by atoms with van der Waals surface area (Å²) in [7, 11) is 0. The molecule has 0 bridgehead atoms. The number of rotatable bonds is 5. The fourth-order valence-electron chi connectivity index (χ4n) is 1.72. The molecule has 90 valence electrons. The van der Waals surface area contributed by atoms with Gasteiger partial charge in [-0.1, -0.05) is 31.5 Å². The van der Waals surface area contributed by atoms with E-state index in [9.17, 15) is 0 Å². The minimum atomic E-state index is 0.168. The molecule has 2 nitrogen and oxygen atoms in total. The molecule has 0 atom stereocenters. The van der Waals surface area contributed by atoms with Crippen molar-refractivity contribution < 1.29 is 0 Å². The van der Waals surface area contributed by atoms with Gasteiger partial charge in [-0.25, -0.2) is 0 Å². The number of nitrogens with two attached hydrogens (primary N) is 1. The highest BCUT2D eigenvalue weighted by Crippen LogP contribution is 2.21. The van der Waals surface area contributed by atoms with Gasteiger partial charge in [-0.15, -0.1) is 0 Å². The van der Waals surface area contributed by atoms with E-state index in [1.54, 1.807) is 0 Å². The Labute approximate surface area is 99.5 Å². The highest BCUT2D eigenvalue weighted by atomic mass is 15.1. The van der Waals surface area contributed by atoms with E-state index in [0.29, 0.717) is 0 Å². The lowest BCUT2D eigenvalue weighted by Crippen LogP contribution is -2.38. The van der Waals surface area contributed by atoms with Crippen LogP contribution in [-0.4, -0.2) is 19.6 Å². The summed E-state index contributed by atoms with van der Waals surface area (Å²) >= 11 is 0. The Balaban J connectivity index is 2.78. The molecule has 1 rings (SSSR count). The Morgan fingerprint density at radius 3 is 2.19 bits per heavy atom. The maximum Gasteiger partial charge on any atom is 0.0366 e. The van der Waals surface area contributed by atoms with E-state index in [1.165, 1.54) is 11.3 Å². The summed E-state index contributed by atoms with van der Waals surface area (Å²) in [5.74, 6) is 0. The normalized spacial score (nSPS) is 11.6. The number of anilines is 1. The molecule has 0 amide bonds. The summed E-state index contributed by atoms with van der Waals surface area (Å²) in [6.07, 6.45) is 0. The van der Waals surface area contributed by atoms with Crippen molar-refractivity contribution >= 4 is 5.69 Å². The van der Waals surface area contributed by atoms with Crippen LogP contribution in [0.3, 0.4) is 0 Å². The number of benzene rings is 1. The first-order chi connectivity index (χ1) is 7.48. The molecular formula is C14H24N2. The minimum absolute atomic E-state index is 0.168. The van der Waals surface area contributed by atoms with Crippen molar-refractivity contribution in [1.29, 1.82) is 0 Å². The maximum absolute atomic E-state index is 5.78. The average molecular weight is 220 g/mol. The molecule has 0 saturated heterocycles. The van der Waals surface area contributed by atoms with E-state index in [1.807, 2.05) is 0 Å². The van der Waals surface area contributed by atoms with Gasteiger partial charge in [0.2, 0.25) is 0 Å². The fourth-order valence-corrected chi connectivity index (χ4v) is 1.72. The average Bonchev–Trinajstić information content (AvgIpc) is 2.27. The fraction of sp³-hybridized carbons (Fsp3) is 0.571. The molecular weight excluding hydrogens is 196 g/mol. The SMILES string of the molecule is CCN(CC(C)(C)CN)c1ccc(C)cc1. The van der Waals surface area contributed by atoms with Crippen LogP contribution in [0, 0.1) is 12.3 Å². The van der Waals surface area contributed by atoms with Gasteiger partial charge in [0.25, 0.3) is 0 Å². The van der Waals surface area contributed by atoms with Crippen LogP contribution in [0.15, 0.2) is 24.3 Å². The van der Waals surface area contributed by atoms with Gasteiger partial charge in [0.15, 0.2) is 0 Å².